The van der Waals surface area contributed by atoms with Gasteiger partial charge in [-0.1, -0.05) is 13.8 Å². The van der Waals surface area contributed by atoms with Gasteiger partial charge in [-0.2, -0.15) is 5.10 Å². The molecule has 0 aliphatic carbocycles. The molecule has 0 aliphatic heterocycles. The summed E-state index contributed by atoms with van der Waals surface area (Å²) in [5, 5.41) is 7.39. The molecule has 1 aromatic heterocycles. The van der Waals surface area contributed by atoms with Crippen molar-refractivity contribution in [3.8, 4) is 0 Å². The second-order valence-corrected chi connectivity index (χ2v) is 4.72. The highest BCUT2D eigenvalue weighted by molar-refractivity contribution is 5.04. The van der Waals surface area contributed by atoms with Gasteiger partial charge in [0.2, 0.25) is 0 Å². The maximum atomic E-state index is 4.16. The van der Waals surface area contributed by atoms with Gasteiger partial charge in [-0.25, -0.2) is 0 Å². The third kappa shape index (κ3) is 3.50. The number of aryl methyl sites for hydroxylation is 2. The summed E-state index contributed by atoms with van der Waals surface area (Å²) in [7, 11) is 3.97. The number of aromatic nitrogens is 2. The molecule has 3 heteroatoms. The molecule has 80 valence electrons. The molecule has 0 unspecified atom stereocenters. The summed E-state index contributed by atoms with van der Waals surface area (Å²) in [4.78, 5) is 0. The van der Waals surface area contributed by atoms with Crippen LogP contribution in [0.15, 0.2) is 12.4 Å². The molecular weight excluding hydrogens is 174 g/mol. The normalized spacial score (nSPS) is 12.0. The van der Waals surface area contributed by atoms with Crippen molar-refractivity contribution in [3.05, 3.63) is 18.0 Å². The molecule has 0 atom stereocenters. The van der Waals surface area contributed by atoms with Gasteiger partial charge in [0.05, 0.1) is 6.20 Å². The van der Waals surface area contributed by atoms with Crippen LogP contribution in [0.2, 0.25) is 0 Å². The van der Waals surface area contributed by atoms with Gasteiger partial charge in [0, 0.05) is 13.2 Å². The van der Waals surface area contributed by atoms with E-state index in [1.165, 1.54) is 12.0 Å². The summed E-state index contributed by atoms with van der Waals surface area (Å²) in [5.41, 5.74) is 1.70. The molecular formula is C11H21N3. The minimum absolute atomic E-state index is 0.366. The topological polar surface area (TPSA) is 29.9 Å². The molecule has 1 N–H and O–H groups in total. The Hall–Kier alpha value is -0.830. The van der Waals surface area contributed by atoms with Crippen molar-refractivity contribution in [1.29, 1.82) is 0 Å². The molecule has 0 radical (unpaired) electrons. The standard InChI is InChI=1S/C11H21N3/c1-11(2,9-12-3)6-5-10-7-13-14(4)8-10/h7-8,12H,5-6,9H2,1-4H3. The molecule has 0 fully saturated rings. The summed E-state index contributed by atoms with van der Waals surface area (Å²) < 4.78 is 1.86. The average Bonchev–Trinajstić information content (AvgIpc) is 2.48. The molecule has 0 spiro atoms. The maximum absolute atomic E-state index is 4.16. The summed E-state index contributed by atoms with van der Waals surface area (Å²) in [6.45, 7) is 5.65. The van der Waals surface area contributed by atoms with Crippen molar-refractivity contribution in [2.75, 3.05) is 13.6 Å². The summed E-state index contributed by atoms with van der Waals surface area (Å²) >= 11 is 0. The first-order valence-corrected chi connectivity index (χ1v) is 5.16. The number of hydrogen-bond acceptors (Lipinski definition) is 2. The van der Waals surface area contributed by atoms with Crippen LogP contribution in [0.5, 0.6) is 0 Å². The van der Waals surface area contributed by atoms with Crippen molar-refractivity contribution in [1.82, 2.24) is 15.1 Å². The molecule has 1 aromatic rings. The van der Waals surface area contributed by atoms with E-state index in [4.69, 9.17) is 0 Å². The lowest BCUT2D eigenvalue weighted by Crippen LogP contribution is -2.27. The number of rotatable bonds is 5. The van der Waals surface area contributed by atoms with Crippen molar-refractivity contribution < 1.29 is 0 Å². The van der Waals surface area contributed by atoms with E-state index >= 15 is 0 Å². The van der Waals surface area contributed by atoms with Crippen LogP contribution in [0.3, 0.4) is 0 Å². The molecule has 1 heterocycles. The third-order valence-corrected chi connectivity index (χ3v) is 2.50. The first-order valence-electron chi connectivity index (χ1n) is 5.16. The van der Waals surface area contributed by atoms with Crippen LogP contribution < -0.4 is 5.32 Å². The van der Waals surface area contributed by atoms with Crippen LogP contribution in [0.4, 0.5) is 0 Å². The van der Waals surface area contributed by atoms with E-state index in [1.54, 1.807) is 0 Å². The molecule has 0 aromatic carbocycles. The fourth-order valence-electron chi connectivity index (χ4n) is 1.65. The van der Waals surface area contributed by atoms with E-state index in [0.29, 0.717) is 5.41 Å². The van der Waals surface area contributed by atoms with Gasteiger partial charge in [0.25, 0.3) is 0 Å². The molecule has 0 aliphatic rings. The van der Waals surface area contributed by atoms with E-state index in [0.717, 1.165) is 13.0 Å². The van der Waals surface area contributed by atoms with Crippen molar-refractivity contribution in [2.24, 2.45) is 12.5 Å². The molecule has 14 heavy (non-hydrogen) atoms. The van der Waals surface area contributed by atoms with Crippen LogP contribution in [0.25, 0.3) is 0 Å². The summed E-state index contributed by atoms with van der Waals surface area (Å²) in [6.07, 6.45) is 6.35. The quantitative estimate of drug-likeness (QED) is 0.773. The number of hydrogen-bond donors (Lipinski definition) is 1. The SMILES string of the molecule is CNCC(C)(C)CCc1cnn(C)c1. The van der Waals surface area contributed by atoms with Crippen LogP contribution >= 0.6 is 0 Å². The zero-order valence-corrected chi connectivity index (χ0v) is 9.67. The zero-order valence-electron chi connectivity index (χ0n) is 9.67. The lowest BCUT2D eigenvalue weighted by Gasteiger charge is -2.23. The Morgan fingerprint density at radius 2 is 2.21 bits per heavy atom. The Kier molecular flexibility index (Phi) is 3.69. The lowest BCUT2D eigenvalue weighted by molar-refractivity contribution is 0.324. The van der Waals surface area contributed by atoms with E-state index in [2.05, 4.69) is 30.5 Å². The Labute approximate surface area is 86.5 Å². The van der Waals surface area contributed by atoms with Gasteiger partial charge < -0.3 is 5.32 Å². The average molecular weight is 195 g/mol. The highest BCUT2D eigenvalue weighted by Gasteiger charge is 2.16. The minimum atomic E-state index is 0.366. The van der Waals surface area contributed by atoms with E-state index in [1.807, 2.05) is 25.0 Å². The molecule has 0 saturated carbocycles. The number of nitrogens with one attached hydrogen (secondary N) is 1. The van der Waals surface area contributed by atoms with Crippen molar-refractivity contribution >= 4 is 0 Å². The largest absolute Gasteiger partial charge is 0.319 e. The molecule has 1 rings (SSSR count). The first-order chi connectivity index (χ1) is 6.53. The predicted octanol–water partition coefficient (Wildman–Crippen LogP) is 1.60. The summed E-state index contributed by atoms with van der Waals surface area (Å²) in [6, 6.07) is 0. The first kappa shape index (κ1) is 11.2. The van der Waals surface area contributed by atoms with Gasteiger partial charge >= 0.3 is 0 Å². The highest BCUT2D eigenvalue weighted by atomic mass is 15.2. The van der Waals surface area contributed by atoms with Crippen LogP contribution in [-0.2, 0) is 13.5 Å². The molecule has 0 bridgehead atoms. The van der Waals surface area contributed by atoms with Crippen molar-refractivity contribution in [3.63, 3.8) is 0 Å². The van der Waals surface area contributed by atoms with Gasteiger partial charge in [0.1, 0.15) is 0 Å². The monoisotopic (exact) mass is 195 g/mol. The van der Waals surface area contributed by atoms with Crippen LogP contribution in [-0.4, -0.2) is 23.4 Å². The molecule has 0 saturated heterocycles. The van der Waals surface area contributed by atoms with Gasteiger partial charge in [-0.3, -0.25) is 4.68 Å². The third-order valence-electron chi connectivity index (χ3n) is 2.50. The maximum Gasteiger partial charge on any atom is 0.0521 e. The zero-order chi connectivity index (χ0) is 10.6. The fourth-order valence-corrected chi connectivity index (χ4v) is 1.65. The van der Waals surface area contributed by atoms with Crippen LogP contribution in [0.1, 0.15) is 25.8 Å². The highest BCUT2D eigenvalue weighted by Crippen LogP contribution is 2.21. The Balaban J connectivity index is 2.40. The second-order valence-electron chi connectivity index (χ2n) is 4.72. The van der Waals surface area contributed by atoms with Gasteiger partial charge in [-0.15, -0.1) is 0 Å². The van der Waals surface area contributed by atoms with E-state index in [9.17, 15) is 0 Å². The van der Waals surface area contributed by atoms with Crippen molar-refractivity contribution in [2.45, 2.75) is 26.7 Å². The fraction of sp³-hybridized carbons (Fsp3) is 0.727. The van der Waals surface area contributed by atoms with E-state index < -0.39 is 0 Å². The van der Waals surface area contributed by atoms with E-state index in [-0.39, 0.29) is 0 Å². The Morgan fingerprint density at radius 3 is 2.71 bits per heavy atom. The predicted molar refractivity (Wildman–Crippen MR) is 59.2 cm³/mol. The molecule has 3 nitrogen and oxygen atoms in total. The minimum Gasteiger partial charge on any atom is -0.319 e. The number of nitrogens with zero attached hydrogens (tertiary/aromatic N) is 2. The van der Waals surface area contributed by atoms with Crippen LogP contribution in [0, 0.1) is 5.41 Å². The summed E-state index contributed by atoms with van der Waals surface area (Å²) in [5.74, 6) is 0. The Bertz CT molecular complexity index is 276. The lowest BCUT2D eigenvalue weighted by atomic mass is 9.87. The van der Waals surface area contributed by atoms with Gasteiger partial charge in [0.15, 0.2) is 0 Å². The smallest absolute Gasteiger partial charge is 0.0521 e. The second kappa shape index (κ2) is 4.60. The molecule has 0 amide bonds. The Morgan fingerprint density at radius 1 is 1.50 bits per heavy atom. The van der Waals surface area contributed by atoms with Gasteiger partial charge in [-0.05, 0) is 37.4 Å².